The number of oxazole rings is 1. The minimum atomic E-state index is -1.28. The Morgan fingerprint density at radius 2 is 1.76 bits per heavy atom. The van der Waals surface area contributed by atoms with Crippen LogP contribution in [-0.2, 0) is 14.3 Å². The summed E-state index contributed by atoms with van der Waals surface area (Å²) in [4.78, 5) is 44.0. The number of hydrogen-bond acceptors (Lipinski definition) is 10. The predicted octanol–water partition coefficient (Wildman–Crippen LogP) is 6.93. The average Bonchev–Trinajstić information content (AvgIpc) is 3.67. The first kappa shape index (κ1) is 34.6. The molecule has 0 saturated carbocycles. The zero-order chi connectivity index (χ0) is 36.2. The number of fused-ring (bicyclic) bond motifs is 2. The molecule has 2 fully saturated rings. The zero-order valence-electron chi connectivity index (χ0n) is 30.0. The number of aromatic nitrogens is 2. The number of aryl methyl sites for hydroxylation is 1. The van der Waals surface area contributed by atoms with Crippen LogP contribution < -0.4 is 0 Å². The number of phenolic OH excluding ortho intramolecular Hbond substituents is 1. The van der Waals surface area contributed by atoms with Crippen LogP contribution in [0.1, 0.15) is 81.5 Å². The first-order valence-electron chi connectivity index (χ1n) is 17.7. The molecule has 2 unspecified atom stereocenters. The molecule has 12 heteroatoms. The van der Waals surface area contributed by atoms with Gasteiger partial charge in [0, 0.05) is 41.7 Å². The molecule has 2 N–H and O–H groups in total. The molecule has 0 bridgehead atoms. The van der Waals surface area contributed by atoms with E-state index in [-0.39, 0.29) is 23.8 Å². The molecule has 3 aliphatic heterocycles. The molecule has 2 atom stereocenters. The Hall–Kier alpha value is -4.81. The van der Waals surface area contributed by atoms with E-state index >= 15 is 0 Å². The summed E-state index contributed by atoms with van der Waals surface area (Å²) in [5.74, 6) is -0.442. The summed E-state index contributed by atoms with van der Waals surface area (Å²) < 4.78 is 17.5. The second kappa shape index (κ2) is 13.4. The molecule has 12 nitrogen and oxygen atoms in total. The van der Waals surface area contributed by atoms with Gasteiger partial charge in [-0.3, -0.25) is 9.89 Å². The summed E-state index contributed by atoms with van der Waals surface area (Å²) in [6.45, 7) is 12.7. The highest BCUT2D eigenvalue weighted by Gasteiger charge is 2.39. The Labute approximate surface area is 297 Å². The van der Waals surface area contributed by atoms with Crippen molar-refractivity contribution >= 4 is 28.9 Å². The van der Waals surface area contributed by atoms with Crippen molar-refractivity contribution in [2.45, 2.75) is 77.7 Å². The number of carboxylic acids is 1. The van der Waals surface area contributed by atoms with Gasteiger partial charge >= 0.3 is 12.1 Å². The van der Waals surface area contributed by atoms with Gasteiger partial charge in [0.25, 0.3) is 0 Å². The van der Waals surface area contributed by atoms with E-state index in [1.54, 1.807) is 29.2 Å². The summed E-state index contributed by atoms with van der Waals surface area (Å²) in [5, 5.41) is 20.5. The van der Waals surface area contributed by atoms with E-state index < -0.39 is 17.7 Å². The lowest BCUT2D eigenvalue weighted by Gasteiger charge is -2.46. The van der Waals surface area contributed by atoms with Gasteiger partial charge in [0.2, 0.25) is 5.89 Å². The molecular formula is C39H45N5O7. The largest absolute Gasteiger partial charge is 0.508 e. The number of methoxy groups -OCH3 is 1. The number of pyridine rings is 1. The Bertz CT molecular complexity index is 2000. The van der Waals surface area contributed by atoms with Gasteiger partial charge in [0.05, 0.1) is 30.2 Å². The van der Waals surface area contributed by atoms with Crippen LogP contribution in [0.4, 0.5) is 4.79 Å². The lowest BCUT2D eigenvalue weighted by Crippen LogP contribution is -2.62. The highest BCUT2D eigenvalue weighted by Crippen LogP contribution is 2.43. The van der Waals surface area contributed by atoms with Gasteiger partial charge < -0.3 is 29.0 Å². The van der Waals surface area contributed by atoms with Crippen LogP contribution in [-0.4, -0.2) is 92.7 Å². The van der Waals surface area contributed by atoms with E-state index in [1.165, 1.54) is 7.11 Å². The number of amides is 1. The molecule has 5 heterocycles. The molecule has 2 aromatic heterocycles. The molecule has 0 radical (unpaired) electrons. The van der Waals surface area contributed by atoms with Crippen molar-refractivity contribution in [2.75, 3.05) is 33.3 Å². The maximum atomic E-state index is 12.7. The fourth-order valence-corrected chi connectivity index (χ4v) is 7.63. The number of hydrogen-bond donors (Lipinski definition) is 2. The van der Waals surface area contributed by atoms with Crippen molar-refractivity contribution in [3.63, 3.8) is 0 Å². The Kier molecular flexibility index (Phi) is 9.09. The van der Waals surface area contributed by atoms with E-state index in [0.29, 0.717) is 64.1 Å². The molecule has 3 aliphatic rings. The average molecular weight is 696 g/mol. The number of likely N-dealkylation sites (tertiary alicyclic amines) is 2. The number of aliphatic carboxylic acids is 1. The molecule has 2 saturated heterocycles. The Morgan fingerprint density at radius 1 is 1.06 bits per heavy atom. The minimum absolute atomic E-state index is 0.0422. The number of carboxylic acid groups (broad SMARTS) is 1. The fourth-order valence-electron chi connectivity index (χ4n) is 7.63. The van der Waals surface area contributed by atoms with Crippen molar-refractivity contribution in [2.24, 2.45) is 10.9 Å². The van der Waals surface area contributed by atoms with E-state index in [1.807, 2.05) is 39.8 Å². The first-order chi connectivity index (χ1) is 24.3. The topological polar surface area (TPSA) is 151 Å². The second-order valence-corrected chi connectivity index (χ2v) is 14.8. The van der Waals surface area contributed by atoms with Gasteiger partial charge in [0.1, 0.15) is 17.0 Å². The molecule has 51 heavy (non-hydrogen) atoms. The SMILES string of the molecule is CCC1N=C(C2CCN(C3CN(C(=O)OC)C3)CC2)c2nc(-c3nc4cc(C)c(C(OC(C)(C)C)C(=O)O)c(-c5ccc(O)cc5)c4o3)ccc21. The summed E-state index contributed by atoms with van der Waals surface area (Å²) in [6.07, 6.45) is 1.23. The molecule has 4 aromatic rings. The molecule has 7 rings (SSSR count). The molecule has 0 spiro atoms. The summed E-state index contributed by atoms with van der Waals surface area (Å²) >= 11 is 0. The lowest BCUT2D eigenvalue weighted by atomic mass is 9.88. The van der Waals surface area contributed by atoms with Crippen molar-refractivity contribution in [3.8, 4) is 28.5 Å². The number of aromatic hydroxyl groups is 1. The number of nitrogens with zero attached hydrogens (tertiary/aromatic N) is 5. The number of piperidine rings is 1. The number of ether oxygens (including phenoxy) is 2. The normalized spacial score (nSPS) is 19.1. The molecular weight excluding hydrogens is 650 g/mol. The summed E-state index contributed by atoms with van der Waals surface area (Å²) in [5.41, 5.74) is 6.19. The monoisotopic (exact) mass is 695 g/mol. The standard InChI is InChI=1S/C39H45N5O7/c1-7-27-26-12-13-28(41-33(26)32(40-27)23-14-16-43(17-15-23)24-19-44(20-24)38(48)49-6)36-42-29-18-21(2)30(35(37(46)47)51-39(3,4)5)31(34(29)50-36)22-8-10-25(45)11-9-22/h8-13,18,23-24,27,35,45H,7,14-17,19-20H2,1-6H3,(H,46,47). The number of carbonyl (C=O) groups is 2. The lowest BCUT2D eigenvalue weighted by molar-refractivity contribution is -0.160. The van der Waals surface area contributed by atoms with E-state index in [2.05, 4.69) is 17.9 Å². The van der Waals surface area contributed by atoms with Crippen molar-refractivity contribution in [1.29, 1.82) is 0 Å². The third-order valence-electron chi connectivity index (χ3n) is 10.2. The van der Waals surface area contributed by atoms with Crippen molar-refractivity contribution < 1.29 is 33.7 Å². The Balaban J connectivity index is 1.23. The maximum absolute atomic E-state index is 12.7. The van der Waals surface area contributed by atoms with Crippen LogP contribution in [0.2, 0.25) is 0 Å². The van der Waals surface area contributed by atoms with Gasteiger partial charge in [-0.15, -0.1) is 0 Å². The smallest absolute Gasteiger partial charge is 0.409 e. The van der Waals surface area contributed by atoms with Gasteiger partial charge in [-0.2, -0.15) is 0 Å². The van der Waals surface area contributed by atoms with Crippen LogP contribution in [0.5, 0.6) is 5.75 Å². The summed E-state index contributed by atoms with van der Waals surface area (Å²) in [6, 6.07) is 12.8. The minimum Gasteiger partial charge on any atom is -0.508 e. The van der Waals surface area contributed by atoms with Crippen LogP contribution >= 0.6 is 0 Å². The third kappa shape index (κ3) is 6.58. The number of rotatable bonds is 8. The van der Waals surface area contributed by atoms with Crippen molar-refractivity contribution in [3.05, 3.63) is 64.8 Å². The van der Waals surface area contributed by atoms with Gasteiger partial charge in [-0.25, -0.2) is 19.6 Å². The maximum Gasteiger partial charge on any atom is 0.409 e. The van der Waals surface area contributed by atoms with E-state index in [0.717, 1.165) is 49.3 Å². The van der Waals surface area contributed by atoms with E-state index in [4.69, 9.17) is 28.9 Å². The quantitative estimate of drug-likeness (QED) is 0.199. The molecule has 1 amide bonds. The highest BCUT2D eigenvalue weighted by atomic mass is 16.5. The molecule has 268 valence electrons. The van der Waals surface area contributed by atoms with E-state index in [9.17, 15) is 19.8 Å². The van der Waals surface area contributed by atoms with Gasteiger partial charge in [-0.05, 0) is 95.4 Å². The highest BCUT2D eigenvalue weighted by molar-refractivity contribution is 6.04. The van der Waals surface area contributed by atoms with Crippen LogP contribution in [0.3, 0.4) is 0 Å². The molecule has 2 aromatic carbocycles. The van der Waals surface area contributed by atoms with Crippen LogP contribution in [0, 0.1) is 12.8 Å². The number of carbonyl (C=O) groups excluding carboxylic acids is 1. The number of aliphatic imine (C=N–C) groups is 1. The van der Waals surface area contributed by atoms with Crippen LogP contribution in [0.15, 0.2) is 51.9 Å². The molecule has 0 aliphatic carbocycles. The zero-order valence-corrected chi connectivity index (χ0v) is 30.0. The number of phenols is 1. The third-order valence-corrected chi connectivity index (χ3v) is 10.2. The van der Waals surface area contributed by atoms with Gasteiger partial charge in [0.15, 0.2) is 11.7 Å². The predicted molar refractivity (Wildman–Crippen MR) is 192 cm³/mol. The first-order valence-corrected chi connectivity index (χ1v) is 17.7. The summed E-state index contributed by atoms with van der Waals surface area (Å²) in [7, 11) is 1.42. The van der Waals surface area contributed by atoms with Gasteiger partial charge in [-0.1, -0.05) is 25.1 Å². The Morgan fingerprint density at radius 3 is 2.39 bits per heavy atom. The fraction of sp³-hybridized carbons (Fsp3) is 0.462. The number of benzene rings is 2. The second-order valence-electron chi connectivity index (χ2n) is 14.8. The van der Waals surface area contributed by atoms with Crippen molar-refractivity contribution in [1.82, 2.24) is 19.8 Å². The van der Waals surface area contributed by atoms with Crippen LogP contribution in [0.25, 0.3) is 33.8 Å².